The molecule has 0 radical (unpaired) electrons. The lowest BCUT2D eigenvalue weighted by Gasteiger charge is -2.06. The Morgan fingerprint density at radius 3 is 2.15 bits per heavy atom. The minimum absolute atomic E-state index is 0.939. The lowest BCUT2D eigenvalue weighted by atomic mass is 10.0. The van der Waals surface area contributed by atoms with Crippen molar-refractivity contribution in [2.45, 2.75) is 0 Å². The molecule has 0 aliphatic carbocycles. The molecule has 0 unspecified atom stereocenters. The van der Waals surface area contributed by atoms with Crippen LogP contribution in [0.2, 0.25) is 0 Å². The molecule has 1 heterocycles. The summed E-state index contributed by atoms with van der Waals surface area (Å²) in [6.45, 7) is 0. The summed E-state index contributed by atoms with van der Waals surface area (Å²) in [6, 6.07) is 22.9. The molecule has 94 valence electrons. The third kappa shape index (κ3) is 1.74. The Morgan fingerprint density at radius 1 is 0.650 bits per heavy atom. The first-order valence-corrected chi connectivity index (χ1v) is 6.61. The maximum absolute atomic E-state index is 4.33. The Balaban J connectivity index is 2.09. The van der Waals surface area contributed by atoms with Gasteiger partial charge in [0.05, 0.1) is 6.20 Å². The molecule has 4 rings (SSSR count). The van der Waals surface area contributed by atoms with Gasteiger partial charge in [0, 0.05) is 16.3 Å². The van der Waals surface area contributed by atoms with Gasteiger partial charge in [-0.25, -0.2) is 0 Å². The highest BCUT2D eigenvalue weighted by Gasteiger charge is 2.07. The first-order chi connectivity index (χ1) is 9.92. The van der Waals surface area contributed by atoms with Crippen molar-refractivity contribution in [2.75, 3.05) is 0 Å². The van der Waals surface area contributed by atoms with Gasteiger partial charge in [-0.3, -0.25) is 0 Å². The lowest BCUT2D eigenvalue weighted by molar-refractivity contribution is 1.06. The molecular formula is C18H12N2. The van der Waals surface area contributed by atoms with E-state index in [1.165, 1.54) is 10.8 Å². The van der Waals surface area contributed by atoms with E-state index in [1.807, 2.05) is 24.4 Å². The molecule has 0 fully saturated rings. The summed E-state index contributed by atoms with van der Waals surface area (Å²) in [5.41, 5.74) is 2.04. The van der Waals surface area contributed by atoms with Crippen molar-refractivity contribution in [2.24, 2.45) is 0 Å². The topological polar surface area (TPSA) is 25.8 Å². The molecular weight excluding hydrogens is 244 g/mol. The highest BCUT2D eigenvalue weighted by Crippen LogP contribution is 2.29. The molecule has 0 amide bonds. The second-order valence-electron chi connectivity index (χ2n) is 4.85. The summed E-state index contributed by atoms with van der Waals surface area (Å²) in [5.74, 6) is 0. The van der Waals surface area contributed by atoms with Gasteiger partial charge in [0.2, 0.25) is 0 Å². The predicted molar refractivity (Wildman–Crippen MR) is 82.5 cm³/mol. The van der Waals surface area contributed by atoms with Crippen LogP contribution < -0.4 is 0 Å². The summed E-state index contributed by atoms with van der Waals surface area (Å²) in [5, 5.41) is 13.2. The molecule has 2 heteroatoms. The highest BCUT2D eigenvalue weighted by atomic mass is 15.1. The Labute approximate surface area is 116 Å². The maximum Gasteiger partial charge on any atom is 0.101 e. The minimum atomic E-state index is 0.939. The van der Waals surface area contributed by atoms with Crippen molar-refractivity contribution in [3.8, 4) is 11.3 Å². The Kier molecular flexibility index (Phi) is 2.46. The monoisotopic (exact) mass is 256 g/mol. The Morgan fingerprint density at radius 2 is 1.35 bits per heavy atom. The van der Waals surface area contributed by atoms with Crippen molar-refractivity contribution < 1.29 is 0 Å². The Hall–Kier alpha value is -2.74. The quantitative estimate of drug-likeness (QED) is 0.470. The van der Waals surface area contributed by atoms with E-state index in [1.54, 1.807) is 0 Å². The third-order valence-electron chi connectivity index (χ3n) is 3.57. The molecule has 4 aromatic rings. The summed E-state index contributed by atoms with van der Waals surface area (Å²) in [4.78, 5) is 0. The maximum atomic E-state index is 4.33. The number of nitrogens with zero attached hydrogens (tertiary/aromatic N) is 2. The van der Waals surface area contributed by atoms with Crippen LogP contribution in [0, 0.1) is 0 Å². The van der Waals surface area contributed by atoms with Gasteiger partial charge < -0.3 is 0 Å². The minimum Gasteiger partial charge on any atom is -0.158 e. The van der Waals surface area contributed by atoms with Gasteiger partial charge in [-0.2, -0.15) is 5.10 Å². The van der Waals surface area contributed by atoms with Gasteiger partial charge in [-0.05, 0) is 22.9 Å². The number of fused-ring (bicyclic) bond motifs is 2. The van der Waals surface area contributed by atoms with E-state index >= 15 is 0 Å². The van der Waals surface area contributed by atoms with E-state index in [9.17, 15) is 0 Å². The molecule has 1 aromatic heterocycles. The normalized spacial score (nSPS) is 11.0. The molecule has 0 aliphatic rings. The van der Waals surface area contributed by atoms with E-state index in [-0.39, 0.29) is 0 Å². The second-order valence-corrected chi connectivity index (χ2v) is 4.85. The van der Waals surface area contributed by atoms with Gasteiger partial charge in [0.1, 0.15) is 5.69 Å². The van der Waals surface area contributed by atoms with Crippen LogP contribution in [0.15, 0.2) is 72.9 Å². The largest absolute Gasteiger partial charge is 0.158 e. The standard InChI is InChI=1S/C18H12N2/c1-2-6-13(7-3-1)18-17-11-15-9-5-4-8-14(15)10-16(17)12-19-20-18/h1-12H. The van der Waals surface area contributed by atoms with Crippen LogP contribution in [0.4, 0.5) is 0 Å². The fourth-order valence-corrected chi connectivity index (χ4v) is 2.58. The van der Waals surface area contributed by atoms with E-state index in [0.29, 0.717) is 0 Å². The molecule has 0 atom stereocenters. The molecule has 20 heavy (non-hydrogen) atoms. The zero-order valence-corrected chi connectivity index (χ0v) is 10.8. The summed E-state index contributed by atoms with van der Waals surface area (Å²) in [6.07, 6.45) is 1.83. The van der Waals surface area contributed by atoms with E-state index in [4.69, 9.17) is 0 Å². The number of hydrogen-bond donors (Lipinski definition) is 0. The molecule has 0 aliphatic heterocycles. The predicted octanol–water partition coefficient (Wildman–Crippen LogP) is 4.45. The third-order valence-corrected chi connectivity index (χ3v) is 3.57. The van der Waals surface area contributed by atoms with Crippen molar-refractivity contribution >= 4 is 21.5 Å². The first kappa shape index (κ1) is 11.1. The van der Waals surface area contributed by atoms with Gasteiger partial charge in [-0.1, -0.05) is 54.6 Å². The lowest BCUT2D eigenvalue weighted by Crippen LogP contribution is -1.89. The zero-order chi connectivity index (χ0) is 13.4. The van der Waals surface area contributed by atoms with Gasteiger partial charge in [-0.15, -0.1) is 5.10 Å². The molecule has 0 saturated carbocycles. The molecule has 0 saturated heterocycles. The van der Waals surface area contributed by atoms with Crippen molar-refractivity contribution in [1.29, 1.82) is 0 Å². The van der Waals surface area contributed by atoms with E-state index in [0.717, 1.165) is 22.0 Å². The van der Waals surface area contributed by atoms with Crippen LogP contribution in [-0.2, 0) is 0 Å². The van der Waals surface area contributed by atoms with Crippen molar-refractivity contribution in [3.63, 3.8) is 0 Å². The number of aromatic nitrogens is 2. The van der Waals surface area contributed by atoms with Crippen LogP contribution >= 0.6 is 0 Å². The van der Waals surface area contributed by atoms with Crippen molar-refractivity contribution in [3.05, 3.63) is 72.9 Å². The average molecular weight is 256 g/mol. The van der Waals surface area contributed by atoms with Gasteiger partial charge >= 0.3 is 0 Å². The molecule has 0 bridgehead atoms. The Bertz CT molecular complexity index is 899. The summed E-state index contributed by atoms with van der Waals surface area (Å²) in [7, 11) is 0. The highest BCUT2D eigenvalue weighted by molar-refractivity contribution is 6.03. The first-order valence-electron chi connectivity index (χ1n) is 6.61. The summed E-state index contributed by atoms with van der Waals surface area (Å²) < 4.78 is 0. The average Bonchev–Trinajstić information content (AvgIpc) is 2.53. The number of rotatable bonds is 1. The smallest absolute Gasteiger partial charge is 0.101 e. The molecule has 0 spiro atoms. The summed E-state index contributed by atoms with van der Waals surface area (Å²) >= 11 is 0. The van der Waals surface area contributed by atoms with Gasteiger partial charge in [0.15, 0.2) is 0 Å². The number of benzene rings is 3. The zero-order valence-electron chi connectivity index (χ0n) is 10.8. The van der Waals surface area contributed by atoms with Crippen molar-refractivity contribution in [1.82, 2.24) is 10.2 Å². The van der Waals surface area contributed by atoms with Crippen LogP contribution in [0.3, 0.4) is 0 Å². The molecule has 3 aromatic carbocycles. The molecule has 0 N–H and O–H groups in total. The van der Waals surface area contributed by atoms with Gasteiger partial charge in [0.25, 0.3) is 0 Å². The fraction of sp³-hybridized carbons (Fsp3) is 0. The van der Waals surface area contributed by atoms with E-state index in [2.05, 4.69) is 58.7 Å². The second kappa shape index (κ2) is 4.42. The number of hydrogen-bond acceptors (Lipinski definition) is 2. The van der Waals surface area contributed by atoms with Crippen LogP contribution in [0.5, 0.6) is 0 Å². The molecule has 2 nitrogen and oxygen atoms in total. The van der Waals surface area contributed by atoms with E-state index < -0.39 is 0 Å². The fourth-order valence-electron chi connectivity index (χ4n) is 2.58. The van der Waals surface area contributed by atoms with Crippen LogP contribution in [-0.4, -0.2) is 10.2 Å². The SMILES string of the molecule is c1ccc(-c2nncc3cc4ccccc4cc23)cc1. The van der Waals surface area contributed by atoms with Crippen LogP contribution in [0.25, 0.3) is 32.8 Å². The van der Waals surface area contributed by atoms with Crippen LogP contribution in [0.1, 0.15) is 0 Å².